The maximum Gasteiger partial charge on any atom is 0.433 e. The van der Waals surface area contributed by atoms with Crippen molar-refractivity contribution in [2.45, 2.75) is 63.4 Å². The van der Waals surface area contributed by atoms with Crippen molar-refractivity contribution >= 4 is 17.8 Å². The molecule has 0 spiro atoms. The second-order valence-corrected chi connectivity index (χ2v) is 12.1. The van der Waals surface area contributed by atoms with E-state index in [-0.39, 0.29) is 35.8 Å². The first kappa shape index (κ1) is 35.3. The second-order valence-electron chi connectivity index (χ2n) is 12.1. The van der Waals surface area contributed by atoms with E-state index in [0.717, 1.165) is 18.3 Å². The van der Waals surface area contributed by atoms with Gasteiger partial charge in [0.1, 0.15) is 28.6 Å². The Morgan fingerprint density at radius 1 is 1.12 bits per heavy atom. The lowest BCUT2D eigenvalue weighted by atomic mass is 9.91. The highest BCUT2D eigenvalue weighted by atomic mass is 19.4. The lowest BCUT2D eigenvalue weighted by molar-refractivity contribution is -0.0591. The zero-order valence-electron chi connectivity index (χ0n) is 26.2. The van der Waals surface area contributed by atoms with Gasteiger partial charge in [-0.2, -0.15) is 22.0 Å². The van der Waals surface area contributed by atoms with Crippen LogP contribution in [-0.4, -0.2) is 52.2 Å². The van der Waals surface area contributed by atoms with Gasteiger partial charge in [-0.1, -0.05) is 18.1 Å². The van der Waals surface area contributed by atoms with Gasteiger partial charge in [0.15, 0.2) is 0 Å². The van der Waals surface area contributed by atoms with Crippen molar-refractivity contribution < 1.29 is 40.6 Å². The number of rotatable bonds is 9. The van der Waals surface area contributed by atoms with Crippen molar-refractivity contribution in [3.05, 3.63) is 99.5 Å². The van der Waals surface area contributed by atoms with Crippen LogP contribution in [0.3, 0.4) is 0 Å². The Balaban J connectivity index is 1.60. The number of allylic oxidation sites excluding steroid dienone is 2. The van der Waals surface area contributed by atoms with E-state index in [1.807, 2.05) is 0 Å². The van der Waals surface area contributed by atoms with Gasteiger partial charge in [-0.15, -0.1) is 0 Å². The third-order valence-corrected chi connectivity index (χ3v) is 7.82. The summed E-state index contributed by atoms with van der Waals surface area (Å²) in [6, 6.07) is 10.1. The molecule has 1 aliphatic carbocycles. The molecule has 0 saturated heterocycles. The fraction of sp³-hybridized carbons (Fsp3) is 0.314. The van der Waals surface area contributed by atoms with E-state index in [1.165, 1.54) is 13.8 Å². The third-order valence-electron chi connectivity index (χ3n) is 7.82. The number of fused-ring (bicyclic) bond motifs is 1. The van der Waals surface area contributed by atoms with Crippen molar-refractivity contribution in [2.24, 2.45) is 4.99 Å². The first-order chi connectivity index (χ1) is 22.9. The molecule has 5 rings (SSSR count). The number of nitrogens with one attached hydrogen (secondary N) is 3. The highest BCUT2D eigenvalue weighted by molar-refractivity contribution is 6.03. The summed E-state index contributed by atoms with van der Waals surface area (Å²) in [4.78, 5) is 21.6. The van der Waals surface area contributed by atoms with E-state index < -0.39 is 71.7 Å². The van der Waals surface area contributed by atoms with Crippen molar-refractivity contribution in [2.75, 3.05) is 6.54 Å². The molecule has 1 unspecified atom stereocenters. The summed E-state index contributed by atoms with van der Waals surface area (Å²) in [5.74, 6) is -0.215. The molecule has 2 aromatic carbocycles. The molecule has 0 fully saturated rings. The molecule has 49 heavy (non-hydrogen) atoms. The largest absolute Gasteiger partial charge is 0.433 e. The number of carbonyl (C=O) groups excluding carboxylic acids is 1. The predicted octanol–water partition coefficient (Wildman–Crippen LogP) is 6.60. The number of nitrogens with zero attached hydrogens (tertiary/aromatic N) is 2. The van der Waals surface area contributed by atoms with Gasteiger partial charge in [-0.3, -0.25) is 15.2 Å². The van der Waals surface area contributed by atoms with Crippen LogP contribution in [0.2, 0.25) is 0 Å². The Hall–Kier alpha value is -5.03. The lowest BCUT2D eigenvalue weighted by Gasteiger charge is -2.20. The van der Waals surface area contributed by atoms with Gasteiger partial charge in [-0.05, 0) is 73.2 Å². The number of aliphatic imine (C=N–C) groups is 1. The Labute approximate surface area is 276 Å². The predicted molar refractivity (Wildman–Crippen MR) is 168 cm³/mol. The summed E-state index contributed by atoms with van der Waals surface area (Å²) < 4.78 is 97.5. The van der Waals surface area contributed by atoms with Crippen LogP contribution in [0.4, 0.5) is 30.7 Å². The summed E-state index contributed by atoms with van der Waals surface area (Å²) in [5.41, 5.74) is -2.39. The molecule has 0 bridgehead atoms. The molecule has 256 valence electrons. The maximum absolute atomic E-state index is 14.6. The highest BCUT2D eigenvalue weighted by Gasteiger charge is 2.48. The van der Waals surface area contributed by atoms with Gasteiger partial charge in [0, 0.05) is 54.9 Å². The summed E-state index contributed by atoms with van der Waals surface area (Å²) in [7, 11) is 0. The number of benzene rings is 2. The molecule has 14 heteroatoms. The molecule has 0 saturated carbocycles. The smallest absolute Gasteiger partial charge is 0.378 e. The Morgan fingerprint density at radius 2 is 1.82 bits per heavy atom. The quantitative estimate of drug-likeness (QED) is 0.116. The molecular formula is C35H30F7N5O2. The normalized spacial score (nSPS) is 16.3. The van der Waals surface area contributed by atoms with Crippen molar-refractivity contribution in [1.29, 1.82) is 5.41 Å². The van der Waals surface area contributed by atoms with Crippen LogP contribution in [0.1, 0.15) is 65.6 Å². The molecule has 3 aromatic rings. The van der Waals surface area contributed by atoms with Gasteiger partial charge < -0.3 is 15.7 Å². The molecule has 1 atom stereocenters. The third kappa shape index (κ3) is 8.17. The summed E-state index contributed by atoms with van der Waals surface area (Å²) >= 11 is 0. The van der Waals surface area contributed by atoms with Gasteiger partial charge in [0.25, 0.3) is 11.8 Å². The topological polar surface area (TPSA) is 110 Å². The number of carbonyl (C=O) groups is 1. The maximum atomic E-state index is 14.6. The van der Waals surface area contributed by atoms with E-state index in [1.54, 1.807) is 30.3 Å². The number of pyridine rings is 1. The number of alkyl halides is 5. The van der Waals surface area contributed by atoms with Crippen molar-refractivity contribution in [3.63, 3.8) is 0 Å². The van der Waals surface area contributed by atoms with Gasteiger partial charge in [0.2, 0.25) is 0 Å². The Kier molecular flexibility index (Phi) is 9.70. The van der Waals surface area contributed by atoms with E-state index in [2.05, 4.69) is 32.5 Å². The van der Waals surface area contributed by atoms with Crippen molar-refractivity contribution in [1.82, 2.24) is 15.6 Å². The standard InChI is InChI=1S/C35H30F7N5O2/c1-33(2,49)10-8-22-6-7-24(23-4-3-5-25-27(23)18-46-32(25)48)29(47-22)28(16-19-14-20(36)17-21(37)15-19)44-12-13-45-31-26(9-11-34(31,38)39)30(43)35(40,41)42/h3-7,12,14-15,17,28,43,45,49H,9,11,13,16,18H2,1-2H3,(H,46,48)/b43-30?,44-12+. The van der Waals surface area contributed by atoms with E-state index in [4.69, 9.17) is 5.41 Å². The molecule has 2 aliphatic rings. The molecule has 2 heterocycles. The molecule has 7 nitrogen and oxygen atoms in total. The highest BCUT2D eigenvalue weighted by Crippen LogP contribution is 2.41. The van der Waals surface area contributed by atoms with Gasteiger partial charge >= 0.3 is 6.18 Å². The van der Waals surface area contributed by atoms with Crippen LogP contribution in [0.5, 0.6) is 0 Å². The summed E-state index contributed by atoms with van der Waals surface area (Å²) in [5, 5.41) is 22.6. The molecule has 4 N–H and O–H groups in total. The average Bonchev–Trinajstić information content (AvgIpc) is 3.53. The fourth-order valence-corrected chi connectivity index (χ4v) is 5.66. The van der Waals surface area contributed by atoms with Crippen LogP contribution < -0.4 is 10.6 Å². The van der Waals surface area contributed by atoms with E-state index in [0.29, 0.717) is 28.3 Å². The Morgan fingerprint density at radius 3 is 2.49 bits per heavy atom. The number of hydrogen-bond donors (Lipinski definition) is 4. The monoisotopic (exact) mass is 685 g/mol. The van der Waals surface area contributed by atoms with E-state index >= 15 is 0 Å². The Bertz CT molecular complexity index is 1910. The number of hydrogen-bond acceptors (Lipinski definition) is 6. The first-order valence-corrected chi connectivity index (χ1v) is 15.1. The van der Waals surface area contributed by atoms with Crippen LogP contribution >= 0.6 is 0 Å². The zero-order chi connectivity index (χ0) is 35.7. The second kappa shape index (κ2) is 13.5. The first-order valence-electron chi connectivity index (χ1n) is 15.1. The molecule has 1 aliphatic heterocycles. The molecule has 1 amide bonds. The molecular weight excluding hydrogens is 655 g/mol. The van der Waals surface area contributed by atoms with Gasteiger partial charge in [-0.25, -0.2) is 13.8 Å². The van der Waals surface area contributed by atoms with Crippen LogP contribution in [0, 0.1) is 28.9 Å². The van der Waals surface area contributed by atoms with Crippen LogP contribution in [0.25, 0.3) is 11.1 Å². The van der Waals surface area contributed by atoms with Crippen molar-refractivity contribution in [3.8, 4) is 23.0 Å². The minimum atomic E-state index is -5.12. The van der Waals surface area contributed by atoms with E-state index in [9.17, 15) is 40.6 Å². The number of aliphatic hydroxyl groups is 1. The minimum Gasteiger partial charge on any atom is -0.378 e. The zero-order valence-corrected chi connectivity index (χ0v) is 26.2. The fourth-order valence-electron chi connectivity index (χ4n) is 5.66. The average molecular weight is 686 g/mol. The number of amides is 1. The number of halogens is 7. The summed E-state index contributed by atoms with van der Waals surface area (Å²) in [6.45, 7) is 2.65. The van der Waals surface area contributed by atoms with Gasteiger partial charge in [0.05, 0.1) is 17.4 Å². The summed E-state index contributed by atoms with van der Waals surface area (Å²) in [6.07, 6.45) is -5.71. The van der Waals surface area contributed by atoms with Crippen LogP contribution in [0.15, 0.2) is 64.8 Å². The number of aromatic nitrogens is 1. The van der Waals surface area contributed by atoms with Crippen LogP contribution in [-0.2, 0) is 13.0 Å². The lowest BCUT2D eigenvalue weighted by Crippen LogP contribution is -2.32. The SMILES string of the molecule is CC(C)(O)C#Cc1ccc(-c2cccc3c2CNC3=O)c(C(Cc2cc(F)cc(F)c2)/N=C/CNC2=C(C(=N)C(F)(F)F)CCC2(F)F)n1. The minimum absolute atomic E-state index is 0.161. The molecule has 0 radical (unpaired) electrons. The molecule has 1 aromatic heterocycles.